The zero-order valence-electron chi connectivity index (χ0n) is 4.35. The molecule has 1 heterocycles. The molecular formula is C4H4NO2S2. The lowest BCUT2D eigenvalue weighted by atomic mass is 10.8. The van der Waals surface area contributed by atoms with Gasteiger partial charge in [-0.15, -0.1) is 11.3 Å². The van der Waals surface area contributed by atoms with E-state index in [4.69, 9.17) is 0 Å². The molecular weight excluding hydrogens is 158 g/mol. The van der Waals surface area contributed by atoms with Crippen LogP contribution in [0.4, 0.5) is 0 Å². The summed E-state index contributed by atoms with van der Waals surface area (Å²) in [5.74, 6) is 1.11. The number of rotatable bonds is 2. The molecule has 1 radical (unpaired) electrons. The predicted octanol–water partition coefficient (Wildman–Crippen LogP) is 0.264. The van der Waals surface area contributed by atoms with Crippen LogP contribution in [0.3, 0.4) is 0 Å². The number of thiazole rings is 1. The van der Waals surface area contributed by atoms with Gasteiger partial charge in [0, 0.05) is 11.6 Å². The molecule has 49 valence electrons. The van der Waals surface area contributed by atoms with Gasteiger partial charge in [0.2, 0.25) is 0 Å². The highest BCUT2D eigenvalue weighted by Gasteiger charge is 1.94. The summed E-state index contributed by atoms with van der Waals surface area (Å²) in [7, 11) is -2.43. The van der Waals surface area contributed by atoms with E-state index in [9.17, 15) is 8.42 Å². The van der Waals surface area contributed by atoms with Crippen molar-refractivity contribution in [3.05, 3.63) is 22.3 Å². The Bertz CT molecular complexity index is 231. The van der Waals surface area contributed by atoms with E-state index in [0.717, 1.165) is 5.75 Å². The smallest absolute Gasteiger partial charge is 0.151 e. The summed E-state index contributed by atoms with van der Waals surface area (Å²) < 4.78 is 20.0. The van der Waals surface area contributed by atoms with E-state index in [2.05, 4.69) is 4.98 Å². The van der Waals surface area contributed by atoms with Gasteiger partial charge in [0.05, 0.1) is 0 Å². The Labute approximate surface area is 58.3 Å². The highest BCUT2D eigenvalue weighted by Crippen LogP contribution is 2.05. The monoisotopic (exact) mass is 162 g/mol. The van der Waals surface area contributed by atoms with Crippen LogP contribution in [0.15, 0.2) is 11.6 Å². The Morgan fingerprint density at radius 2 is 2.44 bits per heavy atom. The van der Waals surface area contributed by atoms with Gasteiger partial charge in [0.25, 0.3) is 0 Å². The average molecular weight is 162 g/mol. The summed E-state index contributed by atoms with van der Waals surface area (Å²) in [6, 6.07) is 0. The van der Waals surface area contributed by atoms with Crippen molar-refractivity contribution in [2.24, 2.45) is 0 Å². The maximum atomic E-state index is 10.0. The lowest BCUT2D eigenvalue weighted by Crippen LogP contribution is -1.78. The van der Waals surface area contributed by atoms with Gasteiger partial charge in [0.1, 0.15) is 10.8 Å². The number of hydrogen-bond donors (Lipinski definition) is 1. The van der Waals surface area contributed by atoms with Gasteiger partial charge in [-0.2, -0.15) is 0 Å². The molecule has 0 bridgehead atoms. The summed E-state index contributed by atoms with van der Waals surface area (Å²) >= 11 is 1.30. The van der Waals surface area contributed by atoms with Gasteiger partial charge >= 0.3 is 0 Å². The van der Waals surface area contributed by atoms with Crippen LogP contribution >= 0.6 is 11.3 Å². The second-order valence-electron chi connectivity index (χ2n) is 1.28. The van der Waals surface area contributed by atoms with Crippen molar-refractivity contribution >= 4 is 22.0 Å². The molecule has 0 spiro atoms. The van der Waals surface area contributed by atoms with Crippen LogP contribution in [0, 0.1) is 5.75 Å². The van der Waals surface area contributed by atoms with Crippen molar-refractivity contribution < 1.29 is 8.42 Å². The highest BCUT2D eigenvalue weighted by molar-refractivity contribution is 7.75. The summed E-state index contributed by atoms with van der Waals surface area (Å²) in [5.41, 5.74) is 0. The second kappa shape index (κ2) is 2.93. The number of nitrogens with zero attached hydrogens (tertiary/aromatic N) is 1. The van der Waals surface area contributed by atoms with E-state index in [1.54, 1.807) is 11.6 Å². The van der Waals surface area contributed by atoms with Crippen molar-refractivity contribution in [2.45, 2.75) is 0 Å². The molecule has 9 heavy (non-hydrogen) atoms. The Balaban J connectivity index is 2.68. The molecule has 0 amide bonds. The second-order valence-corrected chi connectivity index (χ2v) is 3.04. The van der Waals surface area contributed by atoms with Crippen molar-refractivity contribution in [3.63, 3.8) is 0 Å². The molecule has 3 nitrogen and oxygen atoms in total. The molecule has 0 unspecified atom stereocenters. The summed E-state index contributed by atoms with van der Waals surface area (Å²) in [6.07, 6.45) is 1.56. The Morgan fingerprint density at radius 3 is 2.89 bits per heavy atom. The van der Waals surface area contributed by atoms with Crippen LogP contribution in [0.1, 0.15) is 5.01 Å². The fraction of sp³-hybridized carbons (Fsp3) is 0. The molecule has 1 aromatic heterocycles. The summed E-state index contributed by atoms with van der Waals surface area (Å²) in [4.78, 5) is 3.74. The molecule has 0 N–H and O–H groups in total. The minimum absolute atomic E-state index is 0.533. The molecule has 5 heteroatoms. The maximum Gasteiger partial charge on any atom is 0.151 e. The number of thiol groups is 1. The zero-order chi connectivity index (χ0) is 6.69. The average Bonchev–Trinajstić information content (AvgIpc) is 2.15. The third kappa shape index (κ3) is 2.11. The third-order valence-electron chi connectivity index (χ3n) is 0.667. The molecule has 0 saturated heterocycles. The SMILES string of the molecule is O=[SH](=O)[CH]c1nccs1. The minimum atomic E-state index is -2.43. The fourth-order valence-corrected chi connectivity index (χ4v) is 1.52. The lowest BCUT2D eigenvalue weighted by molar-refractivity contribution is 0.620. The molecule has 1 rings (SSSR count). The Hall–Kier alpha value is -0.420. The van der Waals surface area contributed by atoms with Crippen molar-refractivity contribution in [3.8, 4) is 0 Å². The van der Waals surface area contributed by atoms with Crippen molar-refractivity contribution in [2.75, 3.05) is 0 Å². The standard InChI is InChI=1S/C4H4NO2S2/c6-9(7)3-4-5-1-2-8-4/h1-3,9H. The van der Waals surface area contributed by atoms with E-state index in [1.165, 1.54) is 11.3 Å². The Kier molecular flexibility index (Phi) is 2.18. The summed E-state index contributed by atoms with van der Waals surface area (Å²) in [5, 5.41) is 2.26. The molecule has 0 aliphatic heterocycles. The van der Waals surface area contributed by atoms with E-state index < -0.39 is 10.7 Å². The normalized spacial score (nSPS) is 10.3. The van der Waals surface area contributed by atoms with E-state index in [0.29, 0.717) is 5.01 Å². The molecule has 1 aromatic rings. The molecule has 0 aromatic carbocycles. The van der Waals surface area contributed by atoms with Crippen LogP contribution < -0.4 is 0 Å². The molecule has 0 aliphatic carbocycles. The highest BCUT2D eigenvalue weighted by atomic mass is 32.2. The van der Waals surface area contributed by atoms with Crippen molar-refractivity contribution in [1.29, 1.82) is 0 Å². The zero-order valence-corrected chi connectivity index (χ0v) is 6.06. The third-order valence-corrected chi connectivity index (χ3v) is 2.02. The quantitative estimate of drug-likeness (QED) is 0.635. The first kappa shape index (κ1) is 6.70. The van der Waals surface area contributed by atoms with Gasteiger partial charge in [-0.05, 0) is 0 Å². The largest absolute Gasteiger partial charge is 0.248 e. The van der Waals surface area contributed by atoms with E-state index in [1.807, 2.05) is 0 Å². The lowest BCUT2D eigenvalue weighted by Gasteiger charge is -1.78. The van der Waals surface area contributed by atoms with Gasteiger partial charge in [-0.1, -0.05) is 0 Å². The Morgan fingerprint density at radius 1 is 1.67 bits per heavy atom. The van der Waals surface area contributed by atoms with Gasteiger partial charge in [-0.25, -0.2) is 13.4 Å². The summed E-state index contributed by atoms with van der Waals surface area (Å²) in [6.45, 7) is 0. The van der Waals surface area contributed by atoms with Crippen LogP contribution in [0.5, 0.6) is 0 Å². The number of aromatic nitrogens is 1. The predicted molar refractivity (Wildman–Crippen MR) is 35.8 cm³/mol. The van der Waals surface area contributed by atoms with Crippen molar-refractivity contribution in [1.82, 2.24) is 4.98 Å². The van der Waals surface area contributed by atoms with Crippen LogP contribution in [-0.4, -0.2) is 13.4 Å². The first-order valence-corrected chi connectivity index (χ1v) is 4.29. The number of hydrogen-bond acceptors (Lipinski definition) is 4. The minimum Gasteiger partial charge on any atom is -0.248 e. The first-order valence-electron chi connectivity index (χ1n) is 2.17. The van der Waals surface area contributed by atoms with E-state index in [-0.39, 0.29) is 0 Å². The van der Waals surface area contributed by atoms with Crippen LogP contribution in [-0.2, 0) is 10.7 Å². The van der Waals surface area contributed by atoms with Gasteiger partial charge in [0.15, 0.2) is 10.7 Å². The molecule has 0 atom stereocenters. The van der Waals surface area contributed by atoms with Gasteiger partial charge in [-0.3, -0.25) is 0 Å². The van der Waals surface area contributed by atoms with Gasteiger partial charge < -0.3 is 0 Å². The van der Waals surface area contributed by atoms with E-state index >= 15 is 0 Å². The molecule has 0 aliphatic rings. The first-order chi connectivity index (χ1) is 4.29. The van der Waals surface area contributed by atoms with Crippen LogP contribution in [0.25, 0.3) is 0 Å². The molecule has 0 fully saturated rings. The molecule has 0 saturated carbocycles. The maximum absolute atomic E-state index is 10.0. The topological polar surface area (TPSA) is 47.0 Å². The fourth-order valence-electron chi connectivity index (χ4n) is 0.388. The van der Waals surface area contributed by atoms with Crippen LogP contribution in [0.2, 0.25) is 0 Å².